The smallest absolute Gasteiger partial charge is 0.271 e. The van der Waals surface area contributed by atoms with E-state index in [1.165, 1.54) is 6.21 Å². The van der Waals surface area contributed by atoms with Gasteiger partial charge in [0.1, 0.15) is 0 Å². The van der Waals surface area contributed by atoms with Gasteiger partial charge < -0.3 is 9.47 Å². The highest BCUT2D eigenvalue weighted by Crippen LogP contribution is 2.27. The van der Waals surface area contributed by atoms with Gasteiger partial charge in [0.2, 0.25) is 0 Å². The number of ether oxygens (including phenoxy) is 2. The number of pyridine rings is 1. The van der Waals surface area contributed by atoms with Gasteiger partial charge in [0.15, 0.2) is 11.5 Å². The molecule has 0 saturated carbocycles. The number of nitrogens with zero attached hydrogens (tertiary/aromatic N) is 2. The van der Waals surface area contributed by atoms with Crippen LogP contribution in [0.25, 0.3) is 0 Å². The fourth-order valence-electron chi connectivity index (χ4n) is 1.77. The minimum atomic E-state index is -0.295. The predicted octanol–water partition coefficient (Wildman–Crippen LogP) is 2.25. The normalized spacial score (nSPS) is 10.5. The number of hydrogen-bond acceptors (Lipinski definition) is 5. The van der Waals surface area contributed by atoms with Crippen molar-refractivity contribution in [3.05, 3.63) is 53.9 Å². The minimum Gasteiger partial charge on any atom is -0.493 e. The lowest BCUT2D eigenvalue weighted by atomic mass is 10.2. The summed E-state index contributed by atoms with van der Waals surface area (Å²) in [6.45, 7) is 2.47. The number of aromatic nitrogens is 1. The van der Waals surface area contributed by atoms with E-state index in [-0.39, 0.29) is 5.91 Å². The van der Waals surface area contributed by atoms with Crippen LogP contribution in [0.4, 0.5) is 0 Å². The molecule has 22 heavy (non-hydrogen) atoms. The largest absolute Gasteiger partial charge is 0.493 e. The highest BCUT2D eigenvalue weighted by Gasteiger charge is 2.05. The maximum absolute atomic E-state index is 11.8. The van der Waals surface area contributed by atoms with Crippen LogP contribution in [0.1, 0.15) is 22.8 Å². The molecule has 0 aliphatic carbocycles. The lowest BCUT2D eigenvalue weighted by Crippen LogP contribution is -2.17. The predicted molar refractivity (Wildman–Crippen MR) is 83.5 cm³/mol. The molecule has 0 radical (unpaired) electrons. The van der Waals surface area contributed by atoms with Gasteiger partial charge in [0, 0.05) is 18.0 Å². The highest BCUT2D eigenvalue weighted by atomic mass is 16.5. The van der Waals surface area contributed by atoms with Crippen LogP contribution in [-0.4, -0.2) is 30.8 Å². The molecule has 1 amide bonds. The number of carbonyl (C=O) groups excluding carboxylic acids is 1. The maximum atomic E-state index is 11.8. The summed E-state index contributed by atoms with van der Waals surface area (Å²) in [5.74, 6) is 0.991. The third kappa shape index (κ3) is 4.05. The molecule has 0 saturated heterocycles. The quantitative estimate of drug-likeness (QED) is 0.656. The Kier molecular flexibility index (Phi) is 5.48. The number of hydrazone groups is 1. The second-order valence-electron chi connectivity index (χ2n) is 4.28. The van der Waals surface area contributed by atoms with E-state index in [9.17, 15) is 4.79 Å². The summed E-state index contributed by atoms with van der Waals surface area (Å²) in [6, 6.07) is 8.65. The van der Waals surface area contributed by atoms with Crippen molar-refractivity contribution < 1.29 is 14.3 Å². The minimum absolute atomic E-state index is 0.295. The molecule has 0 aliphatic rings. The van der Waals surface area contributed by atoms with E-state index in [4.69, 9.17) is 9.47 Å². The maximum Gasteiger partial charge on any atom is 0.271 e. The molecule has 1 N–H and O–H groups in total. The van der Waals surface area contributed by atoms with Gasteiger partial charge in [-0.2, -0.15) is 5.10 Å². The van der Waals surface area contributed by atoms with Crippen LogP contribution in [0.5, 0.6) is 11.5 Å². The van der Waals surface area contributed by atoms with Gasteiger partial charge in [-0.3, -0.25) is 9.78 Å². The van der Waals surface area contributed by atoms with Crippen molar-refractivity contribution in [1.29, 1.82) is 0 Å². The summed E-state index contributed by atoms with van der Waals surface area (Å²) in [5, 5.41) is 3.93. The molecule has 6 nitrogen and oxygen atoms in total. The molecule has 6 heteroatoms. The first-order valence-corrected chi connectivity index (χ1v) is 6.79. The molecular weight excluding hydrogens is 282 g/mol. The number of amides is 1. The fraction of sp³-hybridized carbons (Fsp3) is 0.188. The first-order valence-electron chi connectivity index (χ1n) is 6.79. The molecule has 114 valence electrons. The standard InChI is InChI=1S/C16H17N3O3/c1-3-22-14-5-4-12(10-15(14)21-2)11-18-19-16(20)13-6-8-17-9-7-13/h4-11H,3H2,1-2H3,(H,19,20)/b18-11-. The van der Waals surface area contributed by atoms with E-state index < -0.39 is 0 Å². The molecule has 1 aromatic carbocycles. The lowest BCUT2D eigenvalue weighted by Gasteiger charge is -2.09. The van der Waals surface area contributed by atoms with Gasteiger partial charge in [0.25, 0.3) is 5.91 Å². The van der Waals surface area contributed by atoms with Crippen LogP contribution in [0.2, 0.25) is 0 Å². The third-order valence-corrected chi connectivity index (χ3v) is 2.81. The summed E-state index contributed by atoms with van der Waals surface area (Å²) in [6.07, 6.45) is 4.64. The van der Waals surface area contributed by atoms with Crippen molar-refractivity contribution >= 4 is 12.1 Å². The molecule has 1 aromatic heterocycles. The Morgan fingerprint density at radius 1 is 1.27 bits per heavy atom. The molecule has 0 unspecified atom stereocenters. The van der Waals surface area contributed by atoms with E-state index in [2.05, 4.69) is 15.5 Å². The fourth-order valence-corrected chi connectivity index (χ4v) is 1.77. The number of hydrogen-bond donors (Lipinski definition) is 1. The number of methoxy groups -OCH3 is 1. The third-order valence-electron chi connectivity index (χ3n) is 2.81. The molecule has 1 heterocycles. The topological polar surface area (TPSA) is 72.8 Å². The first kappa shape index (κ1) is 15.5. The van der Waals surface area contributed by atoms with Crippen LogP contribution < -0.4 is 14.9 Å². The lowest BCUT2D eigenvalue weighted by molar-refractivity contribution is 0.0955. The van der Waals surface area contributed by atoms with Gasteiger partial charge in [-0.15, -0.1) is 0 Å². The van der Waals surface area contributed by atoms with Crippen LogP contribution >= 0.6 is 0 Å². The Hall–Kier alpha value is -2.89. The average molecular weight is 299 g/mol. The molecule has 0 atom stereocenters. The Morgan fingerprint density at radius 3 is 2.73 bits per heavy atom. The molecule has 0 fully saturated rings. The summed E-state index contributed by atoms with van der Waals surface area (Å²) < 4.78 is 10.7. The average Bonchev–Trinajstić information content (AvgIpc) is 2.57. The molecule has 2 aromatic rings. The molecule has 2 rings (SSSR count). The van der Waals surface area contributed by atoms with E-state index in [1.54, 1.807) is 43.8 Å². The Labute approximate surface area is 128 Å². The van der Waals surface area contributed by atoms with Crippen LogP contribution in [0.15, 0.2) is 47.8 Å². The van der Waals surface area contributed by atoms with Crippen LogP contribution in [-0.2, 0) is 0 Å². The second-order valence-corrected chi connectivity index (χ2v) is 4.28. The van der Waals surface area contributed by atoms with Crippen LogP contribution in [0, 0.1) is 0 Å². The van der Waals surface area contributed by atoms with Gasteiger partial charge in [-0.25, -0.2) is 5.43 Å². The Bertz CT molecular complexity index is 657. The summed E-state index contributed by atoms with van der Waals surface area (Å²) in [5.41, 5.74) is 3.74. The number of benzene rings is 1. The van der Waals surface area contributed by atoms with E-state index in [0.717, 1.165) is 5.56 Å². The first-order chi connectivity index (χ1) is 10.7. The summed E-state index contributed by atoms with van der Waals surface area (Å²) in [4.78, 5) is 15.7. The Balaban J connectivity index is 2.02. The number of rotatable bonds is 6. The molecule has 0 spiro atoms. The molecule has 0 aliphatic heterocycles. The summed E-state index contributed by atoms with van der Waals surface area (Å²) in [7, 11) is 1.57. The number of carbonyl (C=O) groups is 1. The van der Waals surface area contributed by atoms with Crippen molar-refractivity contribution in [2.75, 3.05) is 13.7 Å². The van der Waals surface area contributed by atoms with Gasteiger partial charge in [0.05, 0.1) is 19.9 Å². The van der Waals surface area contributed by atoms with Crippen molar-refractivity contribution in [3.63, 3.8) is 0 Å². The summed E-state index contributed by atoms with van der Waals surface area (Å²) >= 11 is 0. The number of nitrogens with one attached hydrogen (secondary N) is 1. The van der Waals surface area contributed by atoms with Crippen LogP contribution in [0.3, 0.4) is 0 Å². The SMILES string of the molecule is CCOc1ccc(/C=N\NC(=O)c2ccncc2)cc1OC. The van der Waals surface area contributed by atoms with Crippen molar-refractivity contribution in [3.8, 4) is 11.5 Å². The van der Waals surface area contributed by atoms with E-state index in [0.29, 0.717) is 23.7 Å². The van der Waals surface area contributed by atoms with E-state index in [1.807, 2.05) is 13.0 Å². The van der Waals surface area contributed by atoms with Gasteiger partial charge >= 0.3 is 0 Å². The van der Waals surface area contributed by atoms with Crippen molar-refractivity contribution in [2.24, 2.45) is 5.10 Å². The second kappa shape index (κ2) is 7.78. The zero-order valence-corrected chi connectivity index (χ0v) is 12.4. The van der Waals surface area contributed by atoms with Gasteiger partial charge in [-0.05, 0) is 42.8 Å². The molecule has 0 bridgehead atoms. The monoisotopic (exact) mass is 299 g/mol. The van der Waals surface area contributed by atoms with E-state index >= 15 is 0 Å². The highest BCUT2D eigenvalue weighted by molar-refractivity contribution is 5.94. The molecular formula is C16H17N3O3. The zero-order valence-electron chi connectivity index (χ0n) is 12.4. The Morgan fingerprint density at radius 2 is 2.05 bits per heavy atom. The van der Waals surface area contributed by atoms with Gasteiger partial charge in [-0.1, -0.05) is 0 Å². The zero-order chi connectivity index (χ0) is 15.8. The van der Waals surface area contributed by atoms with Crippen molar-refractivity contribution in [2.45, 2.75) is 6.92 Å². The van der Waals surface area contributed by atoms with Crippen molar-refractivity contribution in [1.82, 2.24) is 10.4 Å².